The summed E-state index contributed by atoms with van der Waals surface area (Å²) in [6, 6.07) is 2.62. The zero-order chi connectivity index (χ0) is 13.2. The van der Waals surface area contributed by atoms with Crippen molar-refractivity contribution in [3.63, 3.8) is 0 Å². The molecule has 1 saturated heterocycles. The molecule has 0 radical (unpaired) electrons. The second-order valence-electron chi connectivity index (χ2n) is 4.25. The number of piperidine rings is 1. The molecule has 1 heterocycles. The predicted molar refractivity (Wildman–Crippen MR) is 64.8 cm³/mol. The molecule has 0 aliphatic carbocycles. The van der Waals surface area contributed by atoms with Crippen LogP contribution in [0.4, 0.5) is 14.5 Å². The van der Waals surface area contributed by atoms with E-state index in [-0.39, 0.29) is 5.69 Å². The quantitative estimate of drug-likeness (QED) is 0.878. The Morgan fingerprint density at radius 2 is 1.67 bits per heavy atom. The van der Waals surface area contributed by atoms with Crippen LogP contribution in [0, 0.1) is 11.6 Å². The third kappa shape index (κ3) is 3.17. The van der Waals surface area contributed by atoms with Crippen LogP contribution >= 0.6 is 0 Å². The van der Waals surface area contributed by atoms with Gasteiger partial charge in [0.2, 0.25) is 10.0 Å². The molecule has 18 heavy (non-hydrogen) atoms. The first-order valence-electron chi connectivity index (χ1n) is 5.66. The fourth-order valence-electron chi connectivity index (χ4n) is 1.97. The highest BCUT2D eigenvalue weighted by Crippen LogP contribution is 2.19. The Labute approximate surface area is 104 Å². The van der Waals surface area contributed by atoms with Gasteiger partial charge < -0.3 is 5.32 Å². The Bertz CT molecular complexity index is 508. The first-order chi connectivity index (χ1) is 8.47. The minimum atomic E-state index is -3.59. The van der Waals surface area contributed by atoms with Crippen molar-refractivity contribution in [1.82, 2.24) is 5.32 Å². The van der Waals surface area contributed by atoms with E-state index in [0.29, 0.717) is 32.0 Å². The predicted octanol–water partition coefficient (Wildman–Crippen LogP) is 1.46. The molecule has 0 amide bonds. The lowest BCUT2D eigenvalue weighted by Gasteiger charge is -2.23. The smallest absolute Gasteiger partial charge is 0.235 e. The van der Waals surface area contributed by atoms with Gasteiger partial charge in [0.1, 0.15) is 11.6 Å². The van der Waals surface area contributed by atoms with Crippen molar-refractivity contribution in [2.75, 3.05) is 17.8 Å². The number of hydrogen-bond donors (Lipinski definition) is 2. The van der Waals surface area contributed by atoms with Crippen LogP contribution in [0.25, 0.3) is 0 Å². The highest BCUT2D eigenvalue weighted by molar-refractivity contribution is 7.93. The molecule has 7 heteroatoms. The second-order valence-corrected chi connectivity index (χ2v) is 6.22. The normalized spacial score (nSPS) is 17.7. The number of benzene rings is 1. The van der Waals surface area contributed by atoms with E-state index in [1.54, 1.807) is 0 Å². The first-order valence-corrected chi connectivity index (χ1v) is 7.20. The molecule has 2 N–H and O–H groups in total. The highest BCUT2D eigenvalue weighted by Gasteiger charge is 2.27. The van der Waals surface area contributed by atoms with Crippen LogP contribution in [-0.2, 0) is 10.0 Å². The number of nitrogens with one attached hydrogen (secondary N) is 2. The molecule has 0 saturated carbocycles. The SMILES string of the molecule is O=S(=O)(Nc1cc(F)cc(F)c1)C1CCNCC1. The van der Waals surface area contributed by atoms with Crippen molar-refractivity contribution in [1.29, 1.82) is 0 Å². The Morgan fingerprint density at radius 3 is 2.22 bits per heavy atom. The average Bonchev–Trinajstić information content (AvgIpc) is 2.28. The monoisotopic (exact) mass is 276 g/mol. The average molecular weight is 276 g/mol. The molecule has 1 aliphatic rings. The molecule has 0 bridgehead atoms. The summed E-state index contributed by atoms with van der Waals surface area (Å²) >= 11 is 0. The topological polar surface area (TPSA) is 58.2 Å². The maximum Gasteiger partial charge on any atom is 0.235 e. The van der Waals surface area contributed by atoms with Crippen LogP contribution in [0.5, 0.6) is 0 Å². The van der Waals surface area contributed by atoms with E-state index in [1.165, 1.54) is 0 Å². The molecule has 0 spiro atoms. The van der Waals surface area contributed by atoms with E-state index in [4.69, 9.17) is 0 Å². The molecule has 1 aromatic carbocycles. The van der Waals surface area contributed by atoms with Gasteiger partial charge in [-0.25, -0.2) is 17.2 Å². The molecule has 0 unspecified atom stereocenters. The van der Waals surface area contributed by atoms with Gasteiger partial charge in [0.05, 0.1) is 10.9 Å². The number of halogens is 2. The number of sulfonamides is 1. The van der Waals surface area contributed by atoms with E-state index < -0.39 is 26.9 Å². The lowest BCUT2D eigenvalue weighted by atomic mass is 10.2. The van der Waals surface area contributed by atoms with E-state index in [9.17, 15) is 17.2 Å². The fourth-order valence-corrected chi connectivity index (χ4v) is 3.44. The van der Waals surface area contributed by atoms with Crippen LogP contribution in [0.1, 0.15) is 12.8 Å². The van der Waals surface area contributed by atoms with Gasteiger partial charge in [-0.15, -0.1) is 0 Å². The second kappa shape index (κ2) is 5.19. The Hall–Kier alpha value is -1.21. The number of rotatable bonds is 3. The van der Waals surface area contributed by atoms with Gasteiger partial charge in [-0.2, -0.15) is 0 Å². The molecule has 1 fully saturated rings. The van der Waals surface area contributed by atoms with E-state index >= 15 is 0 Å². The van der Waals surface area contributed by atoms with Crippen LogP contribution in [0.15, 0.2) is 18.2 Å². The van der Waals surface area contributed by atoms with Gasteiger partial charge in [0.15, 0.2) is 0 Å². The molecular formula is C11H14F2N2O2S. The molecule has 1 aromatic rings. The lowest BCUT2D eigenvalue weighted by molar-refractivity contribution is 0.499. The maximum absolute atomic E-state index is 13.0. The standard InChI is InChI=1S/C11H14F2N2O2S/c12-8-5-9(13)7-10(6-8)15-18(16,17)11-1-3-14-4-2-11/h5-7,11,14-15H,1-4H2. The van der Waals surface area contributed by atoms with Gasteiger partial charge in [-0.05, 0) is 38.1 Å². The Balaban J connectivity index is 2.16. The van der Waals surface area contributed by atoms with Gasteiger partial charge in [-0.1, -0.05) is 0 Å². The molecular weight excluding hydrogens is 262 g/mol. The largest absolute Gasteiger partial charge is 0.317 e. The zero-order valence-electron chi connectivity index (χ0n) is 9.62. The van der Waals surface area contributed by atoms with Gasteiger partial charge in [0.25, 0.3) is 0 Å². The van der Waals surface area contributed by atoms with Gasteiger partial charge in [-0.3, -0.25) is 4.72 Å². The summed E-state index contributed by atoms with van der Waals surface area (Å²) < 4.78 is 52.1. The third-order valence-corrected chi connectivity index (χ3v) is 4.72. The minimum absolute atomic E-state index is 0.0777. The molecule has 0 aromatic heterocycles. The maximum atomic E-state index is 13.0. The van der Waals surface area contributed by atoms with Crippen molar-refractivity contribution in [3.05, 3.63) is 29.8 Å². The van der Waals surface area contributed by atoms with E-state index in [0.717, 1.165) is 12.1 Å². The third-order valence-electron chi connectivity index (χ3n) is 2.85. The zero-order valence-corrected chi connectivity index (χ0v) is 10.4. The van der Waals surface area contributed by atoms with E-state index in [1.807, 2.05) is 0 Å². The van der Waals surface area contributed by atoms with Crippen molar-refractivity contribution >= 4 is 15.7 Å². The van der Waals surface area contributed by atoms with Gasteiger partial charge >= 0.3 is 0 Å². The molecule has 100 valence electrons. The highest BCUT2D eigenvalue weighted by atomic mass is 32.2. The summed E-state index contributed by atoms with van der Waals surface area (Å²) in [6.45, 7) is 1.26. The van der Waals surface area contributed by atoms with Crippen molar-refractivity contribution < 1.29 is 17.2 Å². The molecule has 0 atom stereocenters. The molecule has 2 rings (SSSR count). The van der Waals surface area contributed by atoms with Crippen molar-refractivity contribution in [3.8, 4) is 0 Å². The summed E-state index contributed by atoms with van der Waals surface area (Å²) in [5, 5.41) is 2.53. The summed E-state index contributed by atoms with van der Waals surface area (Å²) in [7, 11) is -3.59. The first kappa shape index (κ1) is 13.2. The summed E-state index contributed by atoms with van der Waals surface area (Å²) in [5.74, 6) is -1.61. The summed E-state index contributed by atoms with van der Waals surface area (Å²) in [6.07, 6.45) is 0.986. The molecule has 1 aliphatic heterocycles. The Morgan fingerprint density at radius 1 is 1.11 bits per heavy atom. The van der Waals surface area contributed by atoms with Crippen LogP contribution in [-0.4, -0.2) is 26.8 Å². The lowest BCUT2D eigenvalue weighted by Crippen LogP contribution is -2.38. The number of anilines is 1. The van der Waals surface area contributed by atoms with E-state index in [2.05, 4.69) is 10.0 Å². The van der Waals surface area contributed by atoms with Crippen LogP contribution in [0.2, 0.25) is 0 Å². The summed E-state index contributed by atoms with van der Waals surface area (Å²) in [5.41, 5.74) is -0.0777. The van der Waals surface area contributed by atoms with Crippen LogP contribution in [0.3, 0.4) is 0 Å². The van der Waals surface area contributed by atoms with Crippen molar-refractivity contribution in [2.45, 2.75) is 18.1 Å². The van der Waals surface area contributed by atoms with Crippen LogP contribution < -0.4 is 10.0 Å². The Kier molecular flexibility index (Phi) is 3.82. The van der Waals surface area contributed by atoms with Crippen molar-refractivity contribution in [2.24, 2.45) is 0 Å². The van der Waals surface area contributed by atoms with Gasteiger partial charge in [0, 0.05) is 6.07 Å². The number of hydrogen-bond acceptors (Lipinski definition) is 3. The summed E-state index contributed by atoms with van der Waals surface area (Å²) in [4.78, 5) is 0. The molecule has 4 nitrogen and oxygen atoms in total. The fraction of sp³-hybridized carbons (Fsp3) is 0.455. The minimum Gasteiger partial charge on any atom is -0.317 e.